The van der Waals surface area contributed by atoms with Gasteiger partial charge >= 0.3 is 7.12 Å². The quantitative estimate of drug-likeness (QED) is 0.864. The van der Waals surface area contributed by atoms with Gasteiger partial charge in [-0.3, -0.25) is 0 Å². The lowest BCUT2D eigenvalue weighted by Crippen LogP contribution is -2.41. The molecule has 5 nitrogen and oxygen atoms in total. The second-order valence-corrected chi connectivity index (χ2v) is 6.55. The molecular formula is C17H23BN2O3. The van der Waals surface area contributed by atoms with Crippen molar-refractivity contribution in [2.75, 3.05) is 13.7 Å². The maximum atomic E-state index is 9.39. The second kappa shape index (κ2) is 6.36. The zero-order chi connectivity index (χ0) is 17.3. The van der Waals surface area contributed by atoms with Gasteiger partial charge in [0.05, 0.1) is 18.3 Å². The van der Waals surface area contributed by atoms with E-state index in [-0.39, 0.29) is 6.54 Å². The van der Waals surface area contributed by atoms with E-state index < -0.39 is 18.3 Å². The van der Waals surface area contributed by atoms with E-state index in [1.165, 1.54) is 0 Å². The van der Waals surface area contributed by atoms with Crippen LogP contribution in [0.1, 0.15) is 38.8 Å². The van der Waals surface area contributed by atoms with Gasteiger partial charge in [-0.2, -0.15) is 5.26 Å². The summed E-state index contributed by atoms with van der Waals surface area (Å²) in [4.78, 5) is 0. The monoisotopic (exact) mass is 314 g/mol. The lowest BCUT2D eigenvalue weighted by molar-refractivity contribution is 0.00578. The molecule has 1 aromatic carbocycles. The summed E-state index contributed by atoms with van der Waals surface area (Å²) in [6.07, 6.45) is 1.85. The van der Waals surface area contributed by atoms with Gasteiger partial charge in [-0.1, -0.05) is 18.2 Å². The van der Waals surface area contributed by atoms with E-state index in [0.29, 0.717) is 11.3 Å². The van der Waals surface area contributed by atoms with Crippen molar-refractivity contribution in [2.24, 2.45) is 5.73 Å². The van der Waals surface area contributed by atoms with Crippen molar-refractivity contribution in [3.8, 4) is 11.8 Å². The van der Waals surface area contributed by atoms with Crippen molar-refractivity contribution in [1.29, 1.82) is 5.26 Å². The van der Waals surface area contributed by atoms with Gasteiger partial charge in [0, 0.05) is 6.54 Å². The molecule has 6 heteroatoms. The molecule has 1 saturated heterocycles. The molecule has 1 aliphatic rings. The zero-order valence-electron chi connectivity index (χ0n) is 14.3. The molecule has 0 aromatic heterocycles. The summed E-state index contributed by atoms with van der Waals surface area (Å²) in [5.74, 6) is 0.534. The smallest absolute Gasteiger partial charge is 0.491 e. The van der Waals surface area contributed by atoms with Gasteiger partial charge in [0.25, 0.3) is 0 Å². The van der Waals surface area contributed by atoms with Crippen molar-refractivity contribution in [3.05, 3.63) is 34.8 Å². The largest absolute Gasteiger partial charge is 0.495 e. The molecule has 0 saturated carbocycles. The summed E-state index contributed by atoms with van der Waals surface area (Å²) in [7, 11) is 1.02. The van der Waals surface area contributed by atoms with E-state index in [4.69, 9.17) is 19.8 Å². The summed E-state index contributed by atoms with van der Waals surface area (Å²) in [5, 5.41) is 9.39. The van der Waals surface area contributed by atoms with Crippen LogP contribution in [0.4, 0.5) is 0 Å². The number of benzene rings is 1. The topological polar surface area (TPSA) is 77.5 Å². The molecule has 122 valence electrons. The summed E-state index contributed by atoms with van der Waals surface area (Å²) in [6, 6.07) is 7.62. The van der Waals surface area contributed by atoms with E-state index >= 15 is 0 Å². The third-order valence-corrected chi connectivity index (χ3v) is 4.52. The number of nitrogens with two attached hydrogens (primary N) is 1. The fraction of sp³-hybridized carbons (Fsp3) is 0.471. The fourth-order valence-electron chi connectivity index (χ4n) is 2.38. The Hall–Kier alpha value is -1.81. The van der Waals surface area contributed by atoms with Crippen LogP contribution in [-0.4, -0.2) is 32.0 Å². The molecular weight excluding hydrogens is 291 g/mol. The molecule has 1 aliphatic heterocycles. The van der Waals surface area contributed by atoms with Crippen molar-refractivity contribution in [3.63, 3.8) is 0 Å². The Morgan fingerprint density at radius 1 is 1.30 bits per heavy atom. The molecule has 0 amide bonds. The maximum absolute atomic E-state index is 9.39. The lowest BCUT2D eigenvalue weighted by Gasteiger charge is -2.32. The molecule has 23 heavy (non-hydrogen) atoms. The molecule has 2 N–H and O–H groups in total. The minimum atomic E-state index is -0.525. The molecule has 2 rings (SSSR count). The van der Waals surface area contributed by atoms with Crippen LogP contribution in [0, 0.1) is 11.3 Å². The van der Waals surface area contributed by atoms with Gasteiger partial charge in [-0.15, -0.1) is 0 Å². The Balaban J connectivity index is 2.40. The predicted molar refractivity (Wildman–Crippen MR) is 90.8 cm³/mol. The molecule has 1 aromatic rings. The first-order valence-electron chi connectivity index (χ1n) is 7.59. The highest BCUT2D eigenvalue weighted by atomic mass is 16.7. The summed E-state index contributed by atoms with van der Waals surface area (Å²) >= 11 is 0. The van der Waals surface area contributed by atoms with Crippen molar-refractivity contribution in [1.82, 2.24) is 0 Å². The normalized spacial score (nSPS) is 19.5. The highest BCUT2D eigenvalue weighted by Crippen LogP contribution is 2.38. The van der Waals surface area contributed by atoms with Gasteiger partial charge in [-0.25, -0.2) is 0 Å². The zero-order valence-corrected chi connectivity index (χ0v) is 14.3. The van der Waals surface area contributed by atoms with Gasteiger partial charge < -0.3 is 19.8 Å². The minimum absolute atomic E-state index is 0.277. The number of nitriles is 1. The van der Waals surface area contributed by atoms with Crippen molar-refractivity contribution < 1.29 is 14.0 Å². The van der Waals surface area contributed by atoms with E-state index in [2.05, 4.69) is 6.07 Å². The second-order valence-electron chi connectivity index (χ2n) is 6.55. The average Bonchev–Trinajstić information content (AvgIpc) is 2.72. The number of hydrogen-bond donors (Lipinski definition) is 1. The molecule has 0 aliphatic carbocycles. The first kappa shape index (κ1) is 17.5. The van der Waals surface area contributed by atoms with E-state index in [9.17, 15) is 5.26 Å². The van der Waals surface area contributed by atoms with Crippen LogP contribution in [0.25, 0.3) is 6.08 Å². The first-order valence-corrected chi connectivity index (χ1v) is 7.59. The summed E-state index contributed by atoms with van der Waals surface area (Å²) in [5.41, 5.74) is 7.03. The average molecular weight is 314 g/mol. The highest BCUT2D eigenvalue weighted by Gasteiger charge is 2.52. The standard InChI is InChI=1S/C17H23BN2O3/c1-16(2)17(3,4)23-18(22-16)13(10-19)9-12-7-6-8-15(21-5)14(12)11-20/h6-9H,10,19H2,1-5H3. The third kappa shape index (κ3) is 3.27. The predicted octanol–water partition coefficient (Wildman–Crippen LogP) is 2.54. The minimum Gasteiger partial charge on any atom is -0.495 e. The van der Waals surface area contributed by atoms with Crippen LogP contribution in [0.2, 0.25) is 0 Å². The molecule has 0 bridgehead atoms. The molecule has 0 radical (unpaired) electrons. The van der Waals surface area contributed by atoms with Gasteiger partial charge in [-0.05, 0) is 44.8 Å². The Bertz CT molecular complexity index is 646. The number of nitrogens with zero attached hydrogens (tertiary/aromatic N) is 1. The van der Waals surface area contributed by atoms with Gasteiger partial charge in [0.1, 0.15) is 17.4 Å². The number of ether oxygens (including phenoxy) is 1. The van der Waals surface area contributed by atoms with Crippen LogP contribution >= 0.6 is 0 Å². The van der Waals surface area contributed by atoms with E-state index in [1.54, 1.807) is 13.2 Å². The Morgan fingerprint density at radius 2 is 1.91 bits per heavy atom. The number of methoxy groups -OCH3 is 1. The van der Waals surface area contributed by atoms with Crippen molar-refractivity contribution >= 4 is 13.2 Å². The van der Waals surface area contributed by atoms with E-state index in [0.717, 1.165) is 11.0 Å². The Morgan fingerprint density at radius 3 is 2.39 bits per heavy atom. The van der Waals surface area contributed by atoms with Crippen LogP contribution < -0.4 is 10.5 Å². The first-order chi connectivity index (χ1) is 10.8. The number of hydrogen-bond acceptors (Lipinski definition) is 5. The maximum Gasteiger partial charge on any atom is 0.491 e. The van der Waals surface area contributed by atoms with Crippen LogP contribution in [0.3, 0.4) is 0 Å². The third-order valence-electron chi connectivity index (χ3n) is 4.52. The summed E-state index contributed by atoms with van der Waals surface area (Å²) < 4.78 is 17.3. The molecule has 1 heterocycles. The molecule has 0 atom stereocenters. The Labute approximate surface area is 138 Å². The molecule has 1 fully saturated rings. The molecule has 0 unspecified atom stereocenters. The van der Waals surface area contributed by atoms with Gasteiger partial charge in [0.2, 0.25) is 0 Å². The Kier molecular flexibility index (Phi) is 4.85. The lowest BCUT2D eigenvalue weighted by atomic mass is 9.77. The van der Waals surface area contributed by atoms with E-state index in [1.807, 2.05) is 45.9 Å². The SMILES string of the molecule is COc1cccc(C=C(CN)B2OC(C)(C)C(C)(C)O2)c1C#N. The highest BCUT2D eigenvalue weighted by molar-refractivity contribution is 6.55. The van der Waals surface area contributed by atoms with Crippen LogP contribution in [0.5, 0.6) is 5.75 Å². The van der Waals surface area contributed by atoms with Crippen LogP contribution in [-0.2, 0) is 9.31 Å². The summed E-state index contributed by atoms with van der Waals surface area (Å²) in [6.45, 7) is 8.25. The van der Waals surface area contributed by atoms with Crippen LogP contribution in [0.15, 0.2) is 23.7 Å². The fourth-order valence-corrected chi connectivity index (χ4v) is 2.38. The number of rotatable bonds is 4. The van der Waals surface area contributed by atoms with Gasteiger partial charge in [0.15, 0.2) is 0 Å². The molecule has 0 spiro atoms. The van der Waals surface area contributed by atoms with Crippen molar-refractivity contribution in [2.45, 2.75) is 38.9 Å².